The monoisotopic (exact) mass is 400 g/mol. The molecule has 0 spiro atoms. The van der Waals surface area contributed by atoms with Gasteiger partial charge in [0.1, 0.15) is 0 Å². The first-order valence-electron chi connectivity index (χ1n) is 9.23. The Kier molecular flexibility index (Phi) is 5.35. The van der Waals surface area contributed by atoms with E-state index >= 15 is 0 Å². The molecule has 0 aliphatic carbocycles. The summed E-state index contributed by atoms with van der Waals surface area (Å²) >= 11 is 1.65. The maximum absolute atomic E-state index is 12.4. The number of aromatic amines is 1. The summed E-state index contributed by atoms with van der Waals surface area (Å²) in [6.45, 7) is 3.91. The summed E-state index contributed by atoms with van der Waals surface area (Å²) in [7, 11) is 0. The van der Waals surface area contributed by atoms with Crippen molar-refractivity contribution in [3.8, 4) is 21.7 Å². The topological polar surface area (TPSA) is 70.1 Å². The van der Waals surface area contributed by atoms with Gasteiger partial charge in [-0.1, -0.05) is 54.6 Å². The number of H-pyrrole nitrogens is 1. The molecule has 0 saturated heterocycles. The third-order valence-electron chi connectivity index (χ3n) is 4.55. The number of hydrogen-bond donors (Lipinski definition) is 2. The van der Waals surface area contributed by atoms with E-state index in [1.54, 1.807) is 17.4 Å². The van der Waals surface area contributed by atoms with Gasteiger partial charge in [0, 0.05) is 4.88 Å². The fourth-order valence-electron chi connectivity index (χ4n) is 2.93. The van der Waals surface area contributed by atoms with Gasteiger partial charge in [-0.3, -0.25) is 9.89 Å². The second-order valence-corrected chi connectivity index (χ2v) is 7.95. The maximum atomic E-state index is 12.4. The molecule has 0 aliphatic rings. The molecule has 0 bridgehead atoms. The van der Waals surface area contributed by atoms with Crippen LogP contribution in [0.3, 0.4) is 0 Å². The van der Waals surface area contributed by atoms with Crippen LogP contribution in [0.4, 0.5) is 0 Å². The Morgan fingerprint density at radius 2 is 1.72 bits per heavy atom. The number of aryl methyl sites for hydroxylation is 1. The number of thiophene rings is 1. The van der Waals surface area contributed by atoms with E-state index in [4.69, 9.17) is 0 Å². The fourth-order valence-corrected chi connectivity index (χ4v) is 3.77. The lowest BCUT2D eigenvalue weighted by molar-refractivity contribution is 0.0950. The molecule has 2 aromatic heterocycles. The lowest BCUT2D eigenvalue weighted by Gasteiger charge is -2.05. The maximum Gasteiger partial charge on any atom is 0.291 e. The second-order valence-electron chi connectivity index (χ2n) is 6.66. The molecule has 4 rings (SSSR count). The summed E-state index contributed by atoms with van der Waals surface area (Å²) in [6, 6.07) is 24.1. The molecule has 0 unspecified atom stereocenters. The van der Waals surface area contributed by atoms with E-state index in [1.807, 2.05) is 56.3 Å². The lowest BCUT2D eigenvalue weighted by atomic mass is 10.0. The number of hydrazone groups is 1. The van der Waals surface area contributed by atoms with Gasteiger partial charge in [-0.25, -0.2) is 5.43 Å². The Hall–Kier alpha value is -3.51. The molecule has 2 N–H and O–H groups in total. The predicted octanol–water partition coefficient (Wildman–Crippen LogP) is 5.27. The zero-order valence-corrected chi connectivity index (χ0v) is 17.0. The van der Waals surface area contributed by atoms with Crippen LogP contribution in [0, 0.1) is 6.92 Å². The zero-order valence-electron chi connectivity index (χ0n) is 16.1. The Morgan fingerprint density at radius 1 is 1.00 bits per heavy atom. The van der Waals surface area contributed by atoms with Gasteiger partial charge in [0.15, 0.2) is 5.69 Å². The van der Waals surface area contributed by atoms with E-state index in [9.17, 15) is 4.79 Å². The minimum absolute atomic E-state index is 0.307. The highest BCUT2D eigenvalue weighted by molar-refractivity contribution is 7.15. The average molecular weight is 401 g/mol. The molecular formula is C23H20N4OS. The highest BCUT2D eigenvalue weighted by atomic mass is 32.1. The summed E-state index contributed by atoms with van der Waals surface area (Å²) in [5, 5.41) is 11.2. The van der Waals surface area contributed by atoms with Crippen molar-refractivity contribution >= 4 is 23.0 Å². The van der Waals surface area contributed by atoms with E-state index < -0.39 is 0 Å². The number of nitrogens with zero attached hydrogens (tertiary/aromatic N) is 2. The number of hydrogen-bond acceptors (Lipinski definition) is 4. The van der Waals surface area contributed by atoms with Gasteiger partial charge in [-0.2, -0.15) is 10.2 Å². The number of nitrogens with one attached hydrogen (secondary N) is 2. The molecular weight excluding hydrogens is 380 g/mol. The number of benzene rings is 2. The minimum Gasteiger partial charge on any atom is -0.276 e. The molecule has 5 nitrogen and oxygen atoms in total. The van der Waals surface area contributed by atoms with Crippen LogP contribution >= 0.6 is 11.3 Å². The van der Waals surface area contributed by atoms with Gasteiger partial charge in [0.25, 0.3) is 5.91 Å². The largest absolute Gasteiger partial charge is 0.291 e. The van der Waals surface area contributed by atoms with Crippen LogP contribution in [0.2, 0.25) is 0 Å². The van der Waals surface area contributed by atoms with Crippen LogP contribution in [0.5, 0.6) is 0 Å². The minimum atomic E-state index is -0.346. The van der Waals surface area contributed by atoms with E-state index in [0.717, 1.165) is 33.0 Å². The van der Waals surface area contributed by atoms with Crippen LogP contribution in [-0.4, -0.2) is 21.8 Å². The number of amides is 1. The fraction of sp³-hybridized carbons (Fsp3) is 0.0870. The van der Waals surface area contributed by atoms with Gasteiger partial charge in [-0.15, -0.1) is 11.3 Å². The lowest BCUT2D eigenvalue weighted by Crippen LogP contribution is -2.19. The Morgan fingerprint density at radius 3 is 2.41 bits per heavy atom. The zero-order chi connectivity index (χ0) is 20.2. The van der Waals surface area contributed by atoms with Crippen LogP contribution in [0.25, 0.3) is 21.7 Å². The third kappa shape index (κ3) is 4.33. The molecule has 144 valence electrons. The molecule has 0 radical (unpaired) electrons. The number of rotatable bonds is 5. The van der Waals surface area contributed by atoms with Crippen LogP contribution in [-0.2, 0) is 0 Å². The van der Waals surface area contributed by atoms with E-state index in [0.29, 0.717) is 5.69 Å². The number of carbonyl (C=O) groups excluding carboxylic acids is 1. The van der Waals surface area contributed by atoms with E-state index in [-0.39, 0.29) is 5.91 Å². The number of carbonyl (C=O) groups is 1. The second kappa shape index (κ2) is 8.24. The molecule has 0 fully saturated rings. The number of aromatic nitrogens is 2. The highest BCUT2D eigenvalue weighted by Crippen LogP contribution is 2.26. The molecule has 1 amide bonds. The normalized spacial score (nSPS) is 11.4. The molecule has 6 heteroatoms. The molecule has 2 aromatic carbocycles. The Balaban J connectivity index is 1.43. The van der Waals surface area contributed by atoms with Crippen molar-refractivity contribution in [2.45, 2.75) is 13.8 Å². The van der Waals surface area contributed by atoms with Crippen molar-refractivity contribution in [1.29, 1.82) is 0 Å². The van der Waals surface area contributed by atoms with E-state index in [2.05, 4.69) is 45.0 Å². The summed E-state index contributed by atoms with van der Waals surface area (Å²) in [5.41, 5.74) is 7.69. The molecule has 29 heavy (non-hydrogen) atoms. The first kappa shape index (κ1) is 18.8. The smallest absolute Gasteiger partial charge is 0.276 e. The van der Waals surface area contributed by atoms with Crippen molar-refractivity contribution in [3.63, 3.8) is 0 Å². The summed E-state index contributed by atoms with van der Waals surface area (Å²) in [6.07, 6.45) is 0. The van der Waals surface area contributed by atoms with Crippen LogP contribution < -0.4 is 5.43 Å². The molecule has 0 saturated carbocycles. The molecule has 4 aromatic rings. The van der Waals surface area contributed by atoms with Crippen molar-refractivity contribution in [2.24, 2.45) is 5.10 Å². The first-order valence-corrected chi connectivity index (χ1v) is 10.0. The quantitative estimate of drug-likeness (QED) is 0.354. The van der Waals surface area contributed by atoms with Gasteiger partial charge >= 0.3 is 0 Å². The predicted molar refractivity (Wildman–Crippen MR) is 118 cm³/mol. The van der Waals surface area contributed by atoms with Crippen molar-refractivity contribution in [3.05, 3.63) is 88.9 Å². The summed E-state index contributed by atoms with van der Waals surface area (Å²) in [5.74, 6) is -0.346. The van der Waals surface area contributed by atoms with Gasteiger partial charge in [0.05, 0.1) is 16.3 Å². The SMILES string of the molecule is C/C(=N/NC(=O)c1cc(-c2ccc(C)s2)[nH]n1)c1ccc(-c2ccccc2)cc1. The van der Waals surface area contributed by atoms with Crippen molar-refractivity contribution in [1.82, 2.24) is 15.6 Å². The first-order chi connectivity index (χ1) is 14.1. The summed E-state index contributed by atoms with van der Waals surface area (Å²) in [4.78, 5) is 14.6. The van der Waals surface area contributed by atoms with Gasteiger partial charge in [-0.05, 0) is 48.7 Å². The highest BCUT2D eigenvalue weighted by Gasteiger charge is 2.12. The molecule has 0 atom stereocenters. The van der Waals surface area contributed by atoms with Gasteiger partial charge in [0.2, 0.25) is 0 Å². The Bertz CT molecular complexity index is 1160. The van der Waals surface area contributed by atoms with Crippen LogP contribution in [0.15, 0.2) is 77.9 Å². The van der Waals surface area contributed by atoms with Crippen molar-refractivity contribution in [2.75, 3.05) is 0 Å². The van der Waals surface area contributed by atoms with Crippen molar-refractivity contribution < 1.29 is 4.79 Å². The van der Waals surface area contributed by atoms with Gasteiger partial charge < -0.3 is 0 Å². The Labute approximate surface area is 173 Å². The summed E-state index contributed by atoms with van der Waals surface area (Å²) < 4.78 is 0. The molecule has 0 aliphatic heterocycles. The van der Waals surface area contributed by atoms with E-state index in [1.165, 1.54) is 4.88 Å². The standard InChI is InChI=1S/C23H20N4OS/c1-15-8-13-22(29-15)20-14-21(26-25-20)23(28)27-24-16(2)17-9-11-19(12-10-17)18-6-4-3-5-7-18/h3-14H,1-2H3,(H,25,26)(H,27,28)/b24-16-. The van der Waals surface area contributed by atoms with Crippen LogP contribution in [0.1, 0.15) is 27.9 Å². The molecule has 2 heterocycles. The third-order valence-corrected chi connectivity index (χ3v) is 5.59. The average Bonchev–Trinajstić information content (AvgIpc) is 3.42.